The van der Waals surface area contributed by atoms with Crippen molar-refractivity contribution in [1.82, 2.24) is 0 Å². The Morgan fingerprint density at radius 3 is 2.57 bits per heavy atom. The minimum atomic E-state index is -0.201. The fourth-order valence-electron chi connectivity index (χ4n) is 2.52. The summed E-state index contributed by atoms with van der Waals surface area (Å²) < 4.78 is 14.2. The monoisotopic (exact) mass is 299 g/mol. The lowest BCUT2D eigenvalue weighted by molar-refractivity contribution is 0.630. The summed E-state index contributed by atoms with van der Waals surface area (Å²) in [5, 5.41) is 1.05. The summed E-state index contributed by atoms with van der Waals surface area (Å²) in [6, 6.07) is 15.3. The number of thiophene rings is 1. The number of fused-ring (bicyclic) bond motifs is 1. The standard InChI is InChI=1S/C18H18FNS/c1-2-3-12-4-6-13(7-5-12)18(20)17-10-14-8-9-15(19)11-16(14)21-17/h4-11,18H,2-3,20H2,1H3. The van der Waals surface area contributed by atoms with Crippen molar-refractivity contribution >= 4 is 21.4 Å². The number of nitrogens with two attached hydrogens (primary N) is 1. The summed E-state index contributed by atoms with van der Waals surface area (Å²) in [4.78, 5) is 1.07. The van der Waals surface area contributed by atoms with Crippen molar-refractivity contribution in [3.63, 3.8) is 0 Å². The van der Waals surface area contributed by atoms with Crippen LogP contribution in [0.1, 0.15) is 35.4 Å². The maximum atomic E-state index is 13.3. The lowest BCUT2D eigenvalue weighted by Crippen LogP contribution is -2.09. The maximum absolute atomic E-state index is 13.3. The Labute approximate surface area is 128 Å². The van der Waals surface area contributed by atoms with Crippen LogP contribution >= 0.6 is 11.3 Å². The molecule has 2 aromatic carbocycles. The average Bonchev–Trinajstić information content (AvgIpc) is 2.90. The van der Waals surface area contributed by atoms with Crippen molar-refractivity contribution in [2.45, 2.75) is 25.8 Å². The van der Waals surface area contributed by atoms with Crippen LogP contribution in [0.25, 0.3) is 10.1 Å². The molecule has 1 unspecified atom stereocenters. The molecule has 0 fully saturated rings. The van der Waals surface area contributed by atoms with Gasteiger partial charge in [-0.25, -0.2) is 4.39 Å². The number of aryl methyl sites for hydroxylation is 1. The summed E-state index contributed by atoms with van der Waals surface area (Å²) >= 11 is 1.56. The largest absolute Gasteiger partial charge is 0.320 e. The first-order valence-corrected chi connectivity index (χ1v) is 8.02. The van der Waals surface area contributed by atoms with Gasteiger partial charge in [-0.1, -0.05) is 43.7 Å². The third-order valence-corrected chi connectivity index (χ3v) is 4.87. The lowest BCUT2D eigenvalue weighted by atomic mass is 10.0. The van der Waals surface area contributed by atoms with Crippen LogP contribution < -0.4 is 5.73 Å². The highest BCUT2D eigenvalue weighted by atomic mass is 32.1. The summed E-state index contributed by atoms with van der Waals surface area (Å²) in [5.74, 6) is -0.201. The quantitative estimate of drug-likeness (QED) is 0.717. The molecule has 0 aliphatic rings. The van der Waals surface area contributed by atoms with Crippen molar-refractivity contribution in [3.05, 3.63) is 70.4 Å². The number of benzene rings is 2. The Bertz CT molecular complexity index is 746. The van der Waals surface area contributed by atoms with Crippen LogP contribution in [0.2, 0.25) is 0 Å². The van der Waals surface area contributed by atoms with E-state index in [4.69, 9.17) is 5.73 Å². The smallest absolute Gasteiger partial charge is 0.124 e. The second-order valence-electron chi connectivity index (χ2n) is 5.30. The van der Waals surface area contributed by atoms with E-state index in [1.165, 1.54) is 11.6 Å². The van der Waals surface area contributed by atoms with Crippen molar-refractivity contribution in [1.29, 1.82) is 0 Å². The molecule has 3 rings (SSSR count). The molecule has 0 saturated heterocycles. The van der Waals surface area contributed by atoms with Crippen LogP contribution in [-0.4, -0.2) is 0 Å². The molecule has 2 N–H and O–H groups in total. The van der Waals surface area contributed by atoms with Gasteiger partial charge in [0.1, 0.15) is 5.82 Å². The summed E-state index contributed by atoms with van der Waals surface area (Å²) in [5.41, 5.74) is 8.80. The molecule has 0 amide bonds. The van der Waals surface area contributed by atoms with Crippen LogP contribution in [0.15, 0.2) is 48.5 Å². The highest BCUT2D eigenvalue weighted by Gasteiger charge is 2.12. The zero-order valence-electron chi connectivity index (χ0n) is 12.0. The Morgan fingerprint density at radius 2 is 1.86 bits per heavy atom. The average molecular weight is 299 g/mol. The zero-order chi connectivity index (χ0) is 14.8. The molecule has 0 radical (unpaired) electrons. The van der Waals surface area contributed by atoms with Crippen molar-refractivity contribution in [2.75, 3.05) is 0 Å². The molecule has 0 aliphatic heterocycles. The van der Waals surface area contributed by atoms with E-state index in [1.807, 2.05) is 6.07 Å². The minimum Gasteiger partial charge on any atom is -0.320 e. The first-order chi connectivity index (χ1) is 10.2. The fourth-order valence-corrected chi connectivity index (χ4v) is 3.64. The van der Waals surface area contributed by atoms with Gasteiger partial charge in [0.2, 0.25) is 0 Å². The summed E-state index contributed by atoms with van der Waals surface area (Å²) in [7, 11) is 0. The molecular weight excluding hydrogens is 281 g/mol. The highest BCUT2D eigenvalue weighted by molar-refractivity contribution is 7.19. The van der Waals surface area contributed by atoms with Gasteiger partial charge in [0.25, 0.3) is 0 Å². The Kier molecular flexibility index (Phi) is 4.04. The maximum Gasteiger partial charge on any atom is 0.124 e. The van der Waals surface area contributed by atoms with Crippen LogP contribution in [-0.2, 0) is 6.42 Å². The molecule has 1 heterocycles. The van der Waals surface area contributed by atoms with E-state index in [9.17, 15) is 4.39 Å². The van der Waals surface area contributed by atoms with Gasteiger partial charge in [-0.05, 0) is 41.1 Å². The van der Waals surface area contributed by atoms with E-state index in [0.717, 1.165) is 33.4 Å². The molecule has 0 spiro atoms. The highest BCUT2D eigenvalue weighted by Crippen LogP contribution is 2.32. The van der Waals surface area contributed by atoms with Gasteiger partial charge < -0.3 is 5.73 Å². The molecule has 21 heavy (non-hydrogen) atoms. The number of hydrogen-bond acceptors (Lipinski definition) is 2. The fraction of sp³-hybridized carbons (Fsp3) is 0.222. The van der Waals surface area contributed by atoms with Gasteiger partial charge in [0.15, 0.2) is 0 Å². The van der Waals surface area contributed by atoms with E-state index in [1.54, 1.807) is 17.4 Å². The summed E-state index contributed by atoms with van der Waals surface area (Å²) in [6.07, 6.45) is 2.24. The van der Waals surface area contributed by atoms with Gasteiger partial charge in [-0.15, -0.1) is 11.3 Å². The van der Waals surface area contributed by atoms with E-state index in [0.29, 0.717) is 0 Å². The third kappa shape index (κ3) is 2.99. The minimum absolute atomic E-state index is 0.152. The normalized spacial score (nSPS) is 12.7. The van der Waals surface area contributed by atoms with Gasteiger partial charge in [-0.3, -0.25) is 0 Å². The van der Waals surface area contributed by atoms with Crippen LogP contribution in [0.4, 0.5) is 4.39 Å². The SMILES string of the molecule is CCCc1ccc(C(N)c2cc3ccc(F)cc3s2)cc1. The molecule has 0 saturated carbocycles. The lowest BCUT2D eigenvalue weighted by Gasteiger charge is -2.10. The Balaban J connectivity index is 1.90. The van der Waals surface area contributed by atoms with Gasteiger partial charge in [0, 0.05) is 9.58 Å². The molecule has 3 aromatic rings. The molecular formula is C18H18FNS. The van der Waals surface area contributed by atoms with E-state index in [-0.39, 0.29) is 11.9 Å². The zero-order valence-corrected chi connectivity index (χ0v) is 12.8. The molecule has 1 nitrogen and oxygen atoms in total. The second kappa shape index (κ2) is 5.96. The number of rotatable bonds is 4. The van der Waals surface area contributed by atoms with Gasteiger partial charge in [-0.2, -0.15) is 0 Å². The van der Waals surface area contributed by atoms with Gasteiger partial charge in [0.05, 0.1) is 6.04 Å². The third-order valence-electron chi connectivity index (χ3n) is 3.69. The van der Waals surface area contributed by atoms with E-state index >= 15 is 0 Å². The molecule has 1 aromatic heterocycles. The van der Waals surface area contributed by atoms with Crippen LogP contribution in [0, 0.1) is 5.82 Å². The molecule has 0 aliphatic carbocycles. The predicted molar refractivity (Wildman–Crippen MR) is 88.3 cm³/mol. The predicted octanol–water partition coefficient (Wildman–Crippen LogP) is 5.04. The van der Waals surface area contributed by atoms with Gasteiger partial charge >= 0.3 is 0 Å². The Morgan fingerprint density at radius 1 is 1.10 bits per heavy atom. The molecule has 0 bridgehead atoms. The molecule has 108 valence electrons. The summed E-state index contributed by atoms with van der Waals surface area (Å²) in [6.45, 7) is 2.18. The van der Waals surface area contributed by atoms with Crippen LogP contribution in [0.3, 0.4) is 0 Å². The Hall–Kier alpha value is -1.71. The van der Waals surface area contributed by atoms with E-state index in [2.05, 4.69) is 37.3 Å². The first kappa shape index (κ1) is 14.2. The molecule has 3 heteroatoms. The topological polar surface area (TPSA) is 26.0 Å². The molecule has 1 atom stereocenters. The van der Waals surface area contributed by atoms with Crippen molar-refractivity contribution in [2.24, 2.45) is 5.73 Å². The van der Waals surface area contributed by atoms with Crippen molar-refractivity contribution < 1.29 is 4.39 Å². The van der Waals surface area contributed by atoms with Crippen molar-refractivity contribution in [3.8, 4) is 0 Å². The number of halogens is 1. The van der Waals surface area contributed by atoms with E-state index < -0.39 is 0 Å². The van der Waals surface area contributed by atoms with Crippen LogP contribution in [0.5, 0.6) is 0 Å². The number of hydrogen-bond donors (Lipinski definition) is 1. The first-order valence-electron chi connectivity index (χ1n) is 7.21. The second-order valence-corrected chi connectivity index (χ2v) is 6.42.